The van der Waals surface area contributed by atoms with Crippen molar-refractivity contribution in [1.82, 2.24) is 15.0 Å². The van der Waals surface area contributed by atoms with Crippen molar-refractivity contribution in [2.45, 2.75) is 25.7 Å². The highest BCUT2D eigenvalue weighted by Gasteiger charge is 2.18. The van der Waals surface area contributed by atoms with E-state index >= 15 is 0 Å². The van der Waals surface area contributed by atoms with Crippen LogP contribution in [0.2, 0.25) is 5.15 Å². The second-order valence-corrected chi connectivity index (χ2v) is 4.04. The maximum Gasteiger partial charge on any atom is 0.142 e. The Labute approximate surface area is 86.5 Å². The molecule has 0 aliphatic heterocycles. The monoisotopic (exact) mass is 207 g/mol. The maximum atomic E-state index is 6.06. The third-order valence-electron chi connectivity index (χ3n) is 2.84. The van der Waals surface area contributed by atoms with Gasteiger partial charge in [-0.3, -0.25) is 0 Å². The topological polar surface area (TPSA) is 41.6 Å². The van der Waals surface area contributed by atoms with E-state index in [-0.39, 0.29) is 0 Å². The molecule has 0 unspecified atom stereocenters. The van der Waals surface area contributed by atoms with Crippen LogP contribution in [0.1, 0.15) is 24.1 Å². The number of fused-ring (bicyclic) bond motifs is 3. The van der Waals surface area contributed by atoms with Crippen LogP contribution in [0.5, 0.6) is 0 Å². The fraction of sp³-hybridized carbons (Fsp3) is 0.400. The van der Waals surface area contributed by atoms with Gasteiger partial charge in [-0.2, -0.15) is 0 Å². The maximum absolute atomic E-state index is 6.06. The van der Waals surface area contributed by atoms with Crippen molar-refractivity contribution in [2.24, 2.45) is 0 Å². The van der Waals surface area contributed by atoms with Crippen LogP contribution >= 0.6 is 11.6 Å². The molecule has 2 aromatic rings. The van der Waals surface area contributed by atoms with Gasteiger partial charge in [-0.05, 0) is 31.2 Å². The van der Waals surface area contributed by atoms with Crippen LogP contribution in [0.25, 0.3) is 11.0 Å². The van der Waals surface area contributed by atoms with Gasteiger partial charge in [-0.25, -0.2) is 9.97 Å². The van der Waals surface area contributed by atoms with Crippen LogP contribution < -0.4 is 0 Å². The van der Waals surface area contributed by atoms with Crippen molar-refractivity contribution in [2.75, 3.05) is 0 Å². The van der Waals surface area contributed by atoms with E-state index in [1.54, 1.807) is 0 Å². The first-order valence-corrected chi connectivity index (χ1v) is 5.24. The predicted molar refractivity (Wildman–Crippen MR) is 55.5 cm³/mol. The molecule has 1 N–H and O–H groups in total. The van der Waals surface area contributed by atoms with E-state index in [4.69, 9.17) is 11.6 Å². The molecule has 1 aliphatic carbocycles. The summed E-state index contributed by atoms with van der Waals surface area (Å²) < 4.78 is 0. The summed E-state index contributed by atoms with van der Waals surface area (Å²) in [5.74, 6) is 0. The lowest BCUT2D eigenvalue weighted by Crippen LogP contribution is -2.00. The third-order valence-corrected chi connectivity index (χ3v) is 3.13. The molecule has 0 radical (unpaired) electrons. The predicted octanol–water partition coefficient (Wildman–Crippen LogP) is 2.49. The van der Waals surface area contributed by atoms with Gasteiger partial charge in [-0.15, -0.1) is 0 Å². The van der Waals surface area contributed by atoms with E-state index in [2.05, 4.69) is 15.0 Å². The minimum atomic E-state index is 0.578. The molecule has 0 amide bonds. The van der Waals surface area contributed by atoms with E-state index < -0.39 is 0 Å². The molecule has 2 aromatic heterocycles. The summed E-state index contributed by atoms with van der Waals surface area (Å²) in [5.41, 5.74) is 3.52. The average Bonchev–Trinajstić information content (AvgIpc) is 2.57. The molecule has 0 aromatic carbocycles. The smallest absolute Gasteiger partial charge is 0.142 e. The number of hydrogen-bond donors (Lipinski definition) is 1. The van der Waals surface area contributed by atoms with Gasteiger partial charge in [0.05, 0.1) is 5.39 Å². The minimum Gasteiger partial charge on any atom is -0.343 e. The number of aromatic amines is 1. The molecule has 14 heavy (non-hydrogen) atoms. The van der Waals surface area contributed by atoms with Gasteiger partial charge in [-0.1, -0.05) is 11.6 Å². The number of nitrogens with zero attached hydrogens (tertiary/aromatic N) is 2. The first-order chi connectivity index (χ1) is 6.86. The summed E-state index contributed by atoms with van der Waals surface area (Å²) in [6.07, 6.45) is 6.22. The van der Waals surface area contributed by atoms with Crippen molar-refractivity contribution in [3.05, 3.63) is 22.7 Å². The van der Waals surface area contributed by atoms with Crippen molar-refractivity contribution < 1.29 is 0 Å². The molecule has 0 spiro atoms. The van der Waals surface area contributed by atoms with Crippen LogP contribution in [-0.4, -0.2) is 15.0 Å². The van der Waals surface area contributed by atoms with Crippen molar-refractivity contribution in [1.29, 1.82) is 0 Å². The van der Waals surface area contributed by atoms with Crippen LogP contribution in [-0.2, 0) is 12.8 Å². The fourth-order valence-corrected chi connectivity index (χ4v) is 2.44. The molecule has 0 bridgehead atoms. The molecule has 72 valence electrons. The molecule has 4 heteroatoms. The SMILES string of the molecule is Clc1ncnc2[nH]c3c(c12)CCCC3. The Balaban J connectivity index is 2.38. The van der Waals surface area contributed by atoms with E-state index in [1.165, 1.54) is 30.4 Å². The zero-order valence-electron chi connectivity index (χ0n) is 7.68. The Hall–Kier alpha value is -1.09. The molecule has 0 fully saturated rings. The third kappa shape index (κ3) is 1.05. The minimum absolute atomic E-state index is 0.578. The van der Waals surface area contributed by atoms with Gasteiger partial charge in [0.25, 0.3) is 0 Å². The Kier molecular flexibility index (Phi) is 1.74. The highest BCUT2D eigenvalue weighted by molar-refractivity contribution is 6.34. The van der Waals surface area contributed by atoms with Crippen LogP contribution in [0, 0.1) is 0 Å². The molecule has 0 atom stereocenters. The normalized spacial score (nSPS) is 15.8. The highest BCUT2D eigenvalue weighted by Crippen LogP contribution is 2.31. The van der Waals surface area contributed by atoms with Gasteiger partial charge in [0.1, 0.15) is 17.1 Å². The second kappa shape index (κ2) is 2.95. The summed E-state index contributed by atoms with van der Waals surface area (Å²) >= 11 is 6.06. The van der Waals surface area contributed by atoms with E-state index in [1.807, 2.05) is 0 Å². The summed E-state index contributed by atoms with van der Waals surface area (Å²) in [5, 5.41) is 1.61. The Morgan fingerprint density at radius 1 is 1.21 bits per heavy atom. The highest BCUT2D eigenvalue weighted by atomic mass is 35.5. The number of H-pyrrole nitrogens is 1. The van der Waals surface area contributed by atoms with Gasteiger partial charge in [0.2, 0.25) is 0 Å². The van der Waals surface area contributed by atoms with Crippen LogP contribution in [0.4, 0.5) is 0 Å². The lowest BCUT2D eigenvalue weighted by molar-refractivity contribution is 0.680. The van der Waals surface area contributed by atoms with E-state index in [0.717, 1.165) is 23.9 Å². The zero-order valence-corrected chi connectivity index (χ0v) is 8.43. The Bertz CT molecular complexity index is 489. The molecule has 1 aliphatic rings. The summed E-state index contributed by atoms with van der Waals surface area (Å²) in [6.45, 7) is 0. The number of rotatable bonds is 0. The lowest BCUT2D eigenvalue weighted by Gasteiger charge is -2.10. The lowest BCUT2D eigenvalue weighted by atomic mass is 9.96. The van der Waals surface area contributed by atoms with Gasteiger partial charge < -0.3 is 4.98 Å². The Morgan fingerprint density at radius 3 is 3.00 bits per heavy atom. The standard InChI is InChI=1S/C10H10ClN3/c11-9-8-6-3-1-2-4-7(6)14-10(8)13-5-12-9/h5H,1-4H2,(H,12,13,14). The summed E-state index contributed by atoms with van der Waals surface area (Å²) in [6, 6.07) is 0. The van der Waals surface area contributed by atoms with Gasteiger partial charge >= 0.3 is 0 Å². The first kappa shape index (κ1) is 8.24. The van der Waals surface area contributed by atoms with Crippen molar-refractivity contribution in [3.63, 3.8) is 0 Å². The van der Waals surface area contributed by atoms with Crippen molar-refractivity contribution in [3.8, 4) is 0 Å². The molecule has 3 nitrogen and oxygen atoms in total. The molecule has 3 rings (SSSR count). The first-order valence-electron chi connectivity index (χ1n) is 4.86. The quantitative estimate of drug-likeness (QED) is 0.675. The summed E-state index contributed by atoms with van der Waals surface area (Å²) in [4.78, 5) is 11.5. The van der Waals surface area contributed by atoms with Crippen LogP contribution in [0.15, 0.2) is 6.33 Å². The number of aromatic nitrogens is 3. The Morgan fingerprint density at radius 2 is 2.07 bits per heavy atom. The van der Waals surface area contributed by atoms with Gasteiger partial charge in [0, 0.05) is 5.69 Å². The molecular weight excluding hydrogens is 198 g/mol. The number of halogens is 1. The average molecular weight is 208 g/mol. The number of hydrogen-bond acceptors (Lipinski definition) is 2. The molecule has 2 heterocycles. The number of nitrogens with one attached hydrogen (secondary N) is 1. The van der Waals surface area contributed by atoms with Crippen molar-refractivity contribution >= 4 is 22.6 Å². The zero-order chi connectivity index (χ0) is 9.54. The second-order valence-electron chi connectivity index (χ2n) is 3.68. The largest absolute Gasteiger partial charge is 0.343 e. The fourth-order valence-electron chi connectivity index (χ4n) is 2.19. The van der Waals surface area contributed by atoms with E-state index in [0.29, 0.717) is 5.15 Å². The molecular formula is C10H10ClN3. The molecule has 0 saturated heterocycles. The van der Waals surface area contributed by atoms with Crippen LogP contribution in [0.3, 0.4) is 0 Å². The van der Waals surface area contributed by atoms with Gasteiger partial charge in [0.15, 0.2) is 0 Å². The van der Waals surface area contributed by atoms with E-state index in [9.17, 15) is 0 Å². The number of aryl methyl sites for hydroxylation is 2. The molecule has 0 saturated carbocycles. The summed E-state index contributed by atoms with van der Waals surface area (Å²) in [7, 11) is 0.